The van der Waals surface area contributed by atoms with Crippen LogP contribution in [0.3, 0.4) is 0 Å². The molecule has 146 valence electrons. The summed E-state index contributed by atoms with van der Waals surface area (Å²) in [6.07, 6.45) is 3.23. The molecule has 1 saturated heterocycles. The summed E-state index contributed by atoms with van der Waals surface area (Å²) < 4.78 is 32.3. The summed E-state index contributed by atoms with van der Waals surface area (Å²) >= 11 is 1.18. The van der Waals surface area contributed by atoms with Gasteiger partial charge in [0, 0.05) is 19.6 Å². The minimum atomic E-state index is -3.56. The molecule has 0 aliphatic carbocycles. The Kier molecular flexibility index (Phi) is 6.06. The molecule has 0 radical (unpaired) electrons. The first kappa shape index (κ1) is 19.7. The molecule has 27 heavy (non-hydrogen) atoms. The van der Waals surface area contributed by atoms with E-state index in [9.17, 15) is 13.2 Å². The van der Waals surface area contributed by atoms with Gasteiger partial charge in [-0.1, -0.05) is 6.07 Å². The Balaban J connectivity index is 1.61. The van der Waals surface area contributed by atoms with Gasteiger partial charge in [0.15, 0.2) is 6.61 Å². The summed E-state index contributed by atoms with van der Waals surface area (Å²) in [5.41, 5.74) is 0.534. The van der Waals surface area contributed by atoms with Crippen molar-refractivity contribution in [3.05, 3.63) is 41.8 Å². The van der Waals surface area contributed by atoms with E-state index < -0.39 is 10.0 Å². The first-order chi connectivity index (χ1) is 12.9. The summed E-state index contributed by atoms with van der Waals surface area (Å²) in [5.74, 6) is 0.530. The fourth-order valence-corrected chi connectivity index (χ4v) is 5.49. The molecule has 0 saturated carbocycles. The van der Waals surface area contributed by atoms with Crippen LogP contribution in [-0.2, 0) is 14.8 Å². The van der Waals surface area contributed by atoms with Crippen molar-refractivity contribution in [1.82, 2.24) is 4.90 Å². The zero-order valence-corrected chi connectivity index (χ0v) is 17.1. The van der Waals surface area contributed by atoms with E-state index in [1.807, 2.05) is 4.90 Å². The van der Waals surface area contributed by atoms with Crippen molar-refractivity contribution in [2.24, 2.45) is 0 Å². The van der Waals surface area contributed by atoms with E-state index in [0.717, 1.165) is 25.8 Å². The number of rotatable bonds is 6. The molecule has 1 amide bonds. The largest absolute Gasteiger partial charge is 0.484 e. The van der Waals surface area contributed by atoms with Crippen molar-refractivity contribution in [2.75, 3.05) is 24.5 Å². The zero-order chi connectivity index (χ0) is 19.4. The highest BCUT2D eigenvalue weighted by atomic mass is 32.2. The van der Waals surface area contributed by atoms with E-state index in [4.69, 9.17) is 4.74 Å². The van der Waals surface area contributed by atoms with Gasteiger partial charge >= 0.3 is 0 Å². The lowest BCUT2D eigenvalue weighted by Crippen LogP contribution is -2.44. The van der Waals surface area contributed by atoms with Crippen LogP contribution in [0.15, 0.2) is 46.0 Å². The third kappa shape index (κ3) is 4.44. The second-order valence-electron chi connectivity index (χ2n) is 6.62. The molecule has 1 atom stereocenters. The lowest BCUT2D eigenvalue weighted by atomic mass is 10.0. The molecule has 0 N–H and O–H groups in total. The fraction of sp³-hybridized carbons (Fsp3) is 0.421. The summed E-state index contributed by atoms with van der Waals surface area (Å²) in [4.78, 5) is 14.2. The van der Waals surface area contributed by atoms with Crippen molar-refractivity contribution in [3.8, 4) is 5.75 Å². The van der Waals surface area contributed by atoms with Crippen molar-refractivity contribution < 1.29 is 17.9 Å². The maximum absolute atomic E-state index is 12.6. The molecule has 1 fully saturated rings. The molecule has 1 aromatic heterocycles. The maximum atomic E-state index is 12.6. The van der Waals surface area contributed by atoms with Crippen LogP contribution in [0.1, 0.15) is 26.2 Å². The van der Waals surface area contributed by atoms with Crippen LogP contribution >= 0.6 is 11.3 Å². The Morgan fingerprint density at radius 2 is 2.00 bits per heavy atom. The molecule has 1 aliphatic rings. The van der Waals surface area contributed by atoms with E-state index in [2.05, 4.69) is 6.92 Å². The van der Waals surface area contributed by atoms with Crippen LogP contribution in [0.2, 0.25) is 0 Å². The molecule has 2 aromatic rings. The average molecular weight is 409 g/mol. The number of carbonyl (C=O) groups excluding carboxylic acids is 1. The number of sulfonamides is 1. The van der Waals surface area contributed by atoms with Gasteiger partial charge in [-0.15, -0.1) is 11.3 Å². The van der Waals surface area contributed by atoms with Crippen LogP contribution in [0.4, 0.5) is 5.69 Å². The Hall–Kier alpha value is -2.06. The Morgan fingerprint density at radius 3 is 2.63 bits per heavy atom. The fourth-order valence-electron chi connectivity index (χ4n) is 3.13. The van der Waals surface area contributed by atoms with Crippen LogP contribution in [-0.4, -0.2) is 45.5 Å². The van der Waals surface area contributed by atoms with Gasteiger partial charge in [-0.2, -0.15) is 0 Å². The van der Waals surface area contributed by atoms with E-state index in [1.54, 1.807) is 41.8 Å². The molecule has 6 nitrogen and oxygen atoms in total. The van der Waals surface area contributed by atoms with Crippen molar-refractivity contribution in [1.29, 1.82) is 0 Å². The topological polar surface area (TPSA) is 66.9 Å². The van der Waals surface area contributed by atoms with Gasteiger partial charge in [-0.25, -0.2) is 8.42 Å². The molecule has 8 heteroatoms. The first-order valence-corrected chi connectivity index (χ1v) is 11.3. The number of ether oxygens (including phenoxy) is 1. The van der Waals surface area contributed by atoms with Gasteiger partial charge < -0.3 is 9.64 Å². The number of piperidine rings is 1. The van der Waals surface area contributed by atoms with Gasteiger partial charge in [0.1, 0.15) is 9.96 Å². The minimum absolute atomic E-state index is 0.00692. The van der Waals surface area contributed by atoms with Gasteiger partial charge in [0.25, 0.3) is 15.9 Å². The van der Waals surface area contributed by atoms with Crippen LogP contribution in [0.5, 0.6) is 5.75 Å². The highest BCUT2D eigenvalue weighted by molar-refractivity contribution is 7.94. The highest BCUT2D eigenvalue weighted by Gasteiger charge is 2.24. The molecule has 2 heterocycles. The molecule has 0 spiro atoms. The summed E-state index contributed by atoms with van der Waals surface area (Å²) in [5, 5.41) is 1.73. The normalized spacial score (nSPS) is 17.6. The number of hydrogen-bond acceptors (Lipinski definition) is 5. The standard InChI is InChI=1S/C19H24N2O4S2/c1-15-6-3-4-12-21(15)18(22)14-25-17-10-8-16(9-11-17)20(2)27(23,24)19-7-5-13-26-19/h5,7-11,13,15H,3-4,6,12,14H2,1-2H3. The number of nitrogens with zero attached hydrogens (tertiary/aromatic N) is 2. The Morgan fingerprint density at radius 1 is 1.26 bits per heavy atom. The summed E-state index contributed by atoms with van der Waals surface area (Å²) in [6.45, 7) is 2.84. The van der Waals surface area contributed by atoms with Crippen LogP contribution in [0.25, 0.3) is 0 Å². The highest BCUT2D eigenvalue weighted by Crippen LogP contribution is 2.26. The molecule has 3 rings (SSSR count). The molecular weight excluding hydrogens is 384 g/mol. The number of benzene rings is 1. The first-order valence-electron chi connectivity index (χ1n) is 8.94. The van der Waals surface area contributed by atoms with Crippen molar-refractivity contribution in [3.63, 3.8) is 0 Å². The molecule has 1 unspecified atom stereocenters. The Bertz CT molecular complexity index is 864. The quantitative estimate of drug-likeness (QED) is 0.735. The Labute approximate surface area is 164 Å². The number of hydrogen-bond donors (Lipinski definition) is 0. The molecular formula is C19H24N2O4S2. The maximum Gasteiger partial charge on any atom is 0.273 e. The third-order valence-electron chi connectivity index (χ3n) is 4.80. The average Bonchev–Trinajstić information content (AvgIpc) is 3.22. The van der Waals surface area contributed by atoms with E-state index >= 15 is 0 Å². The van der Waals surface area contributed by atoms with E-state index in [0.29, 0.717) is 15.6 Å². The van der Waals surface area contributed by atoms with Crippen LogP contribution < -0.4 is 9.04 Å². The number of likely N-dealkylation sites (tertiary alicyclic amines) is 1. The zero-order valence-electron chi connectivity index (χ0n) is 15.5. The number of thiophene rings is 1. The number of amides is 1. The van der Waals surface area contributed by atoms with Crippen molar-refractivity contribution >= 4 is 33.0 Å². The minimum Gasteiger partial charge on any atom is -0.484 e. The second-order valence-corrected chi connectivity index (χ2v) is 9.76. The third-order valence-corrected chi connectivity index (χ3v) is 7.95. The number of carbonyl (C=O) groups is 1. The summed E-state index contributed by atoms with van der Waals surface area (Å²) in [6, 6.07) is 10.3. The predicted octanol–water partition coefficient (Wildman–Crippen LogP) is 3.35. The van der Waals surface area contributed by atoms with E-state index in [1.165, 1.54) is 22.7 Å². The second kappa shape index (κ2) is 8.31. The lowest BCUT2D eigenvalue weighted by Gasteiger charge is -2.33. The van der Waals surface area contributed by atoms with Crippen molar-refractivity contribution in [2.45, 2.75) is 36.4 Å². The monoisotopic (exact) mass is 408 g/mol. The van der Waals surface area contributed by atoms with Gasteiger partial charge in [0.2, 0.25) is 0 Å². The van der Waals surface area contributed by atoms with Gasteiger partial charge in [0.05, 0.1) is 5.69 Å². The molecule has 0 bridgehead atoms. The molecule has 1 aromatic carbocycles. The van der Waals surface area contributed by atoms with Crippen LogP contribution in [0, 0.1) is 0 Å². The van der Waals surface area contributed by atoms with Gasteiger partial charge in [-0.05, 0) is 61.9 Å². The lowest BCUT2D eigenvalue weighted by molar-refractivity contribution is -0.136. The summed E-state index contributed by atoms with van der Waals surface area (Å²) in [7, 11) is -2.04. The SMILES string of the molecule is CC1CCCCN1C(=O)COc1ccc(N(C)S(=O)(=O)c2cccs2)cc1. The predicted molar refractivity (Wildman–Crippen MR) is 107 cm³/mol. The van der Waals surface area contributed by atoms with E-state index in [-0.39, 0.29) is 18.6 Å². The smallest absolute Gasteiger partial charge is 0.273 e. The number of anilines is 1. The van der Waals surface area contributed by atoms with Gasteiger partial charge in [-0.3, -0.25) is 9.10 Å². The molecule has 1 aliphatic heterocycles.